The largest absolute Gasteiger partial charge is 0.310 e. The maximum Gasteiger partial charge on any atom is 0.125 e. The fourth-order valence-corrected chi connectivity index (χ4v) is 7.13. The molecule has 0 fully saturated rings. The van der Waals surface area contributed by atoms with Crippen LogP contribution in [0.1, 0.15) is 0 Å². The number of halogens is 1. The summed E-state index contributed by atoms with van der Waals surface area (Å²) in [6.45, 7) is 0. The van der Waals surface area contributed by atoms with E-state index in [1.165, 1.54) is 70.7 Å². The summed E-state index contributed by atoms with van der Waals surface area (Å²) in [7, 11) is 0. The summed E-state index contributed by atoms with van der Waals surface area (Å²) in [5.74, 6) is -0.262. The molecule has 0 aliphatic heterocycles. The van der Waals surface area contributed by atoms with Crippen molar-refractivity contribution in [2.45, 2.75) is 0 Å². The molecule has 44 heavy (non-hydrogen) atoms. The van der Waals surface area contributed by atoms with Crippen molar-refractivity contribution in [1.82, 2.24) is 0 Å². The summed E-state index contributed by atoms with van der Waals surface area (Å²) >= 11 is 0. The van der Waals surface area contributed by atoms with Crippen LogP contribution in [-0.4, -0.2) is 0 Å². The van der Waals surface area contributed by atoms with Gasteiger partial charge in [-0.15, -0.1) is 0 Å². The predicted molar refractivity (Wildman–Crippen MR) is 186 cm³/mol. The fraction of sp³-hybridized carbons (Fsp3) is 0. The lowest BCUT2D eigenvalue weighted by Gasteiger charge is -2.27. The zero-order valence-corrected chi connectivity index (χ0v) is 23.8. The molecule has 2 heteroatoms. The molecule has 0 aliphatic carbocycles. The molecule has 0 spiro atoms. The topological polar surface area (TPSA) is 3.24 Å². The molecule has 0 radical (unpaired) electrons. The summed E-state index contributed by atoms with van der Waals surface area (Å²) < 4.78 is 14.8. The third kappa shape index (κ3) is 3.71. The number of rotatable bonds is 3. The molecule has 0 saturated heterocycles. The van der Waals surface area contributed by atoms with Crippen LogP contribution >= 0.6 is 0 Å². The molecule has 9 aromatic rings. The molecular weight excluding hydrogens is 537 g/mol. The number of benzene rings is 9. The molecule has 206 valence electrons. The molecular formula is C42H26FN. The molecule has 0 aliphatic rings. The first-order valence-electron chi connectivity index (χ1n) is 15.0. The maximum atomic E-state index is 14.8. The molecule has 0 unspecified atom stereocenters. The van der Waals surface area contributed by atoms with E-state index in [0.29, 0.717) is 0 Å². The van der Waals surface area contributed by atoms with Gasteiger partial charge in [-0.1, -0.05) is 115 Å². The molecule has 0 heterocycles. The van der Waals surface area contributed by atoms with Gasteiger partial charge in [-0.25, -0.2) is 4.39 Å². The average Bonchev–Trinajstić information content (AvgIpc) is 3.09. The van der Waals surface area contributed by atoms with Gasteiger partial charge in [-0.3, -0.25) is 0 Å². The summed E-state index contributed by atoms with van der Waals surface area (Å²) in [6.07, 6.45) is 0. The number of anilines is 3. The van der Waals surface area contributed by atoms with Crippen molar-refractivity contribution in [2.75, 3.05) is 4.90 Å². The first-order chi connectivity index (χ1) is 21.7. The minimum absolute atomic E-state index is 0.262. The second-order valence-electron chi connectivity index (χ2n) is 11.5. The van der Waals surface area contributed by atoms with Crippen LogP contribution in [0.4, 0.5) is 21.5 Å². The van der Waals surface area contributed by atoms with Gasteiger partial charge in [0, 0.05) is 17.1 Å². The van der Waals surface area contributed by atoms with Gasteiger partial charge in [-0.2, -0.15) is 0 Å². The van der Waals surface area contributed by atoms with E-state index in [4.69, 9.17) is 0 Å². The van der Waals surface area contributed by atoms with E-state index < -0.39 is 0 Å². The molecule has 0 N–H and O–H groups in total. The Morgan fingerprint density at radius 2 is 0.591 bits per heavy atom. The smallest absolute Gasteiger partial charge is 0.125 e. The van der Waals surface area contributed by atoms with Crippen molar-refractivity contribution in [2.24, 2.45) is 0 Å². The fourth-order valence-electron chi connectivity index (χ4n) is 7.13. The minimum atomic E-state index is -0.262. The molecule has 9 rings (SSSR count). The van der Waals surface area contributed by atoms with Crippen molar-refractivity contribution in [3.05, 3.63) is 164 Å². The summed E-state index contributed by atoms with van der Waals surface area (Å²) in [5, 5.41) is 14.6. The number of nitrogens with zero attached hydrogens (tertiary/aromatic N) is 1. The zero-order chi connectivity index (χ0) is 29.2. The van der Waals surface area contributed by atoms with Gasteiger partial charge >= 0.3 is 0 Å². The highest BCUT2D eigenvalue weighted by atomic mass is 19.1. The first-order valence-corrected chi connectivity index (χ1v) is 15.0. The second-order valence-corrected chi connectivity index (χ2v) is 11.5. The van der Waals surface area contributed by atoms with E-state index in [2.05, 4.69) is 138 Å². The third-order valence-corrected chi connectivity index (χ3v) is 9.04. The average molecular weight is 564 g/mol. The number of hydrogen-bond acceptors (Lipinski definition) is 1. The zero-order valence-electron chi connectivity index (χ0n) is 23.8. The van der Waals surface area contributed by atoms with Gasteiger partial charge in [0.2, 0.25) is 0 Å². The molecule has 9 aromatic carbocycles. The molecule has 0 saturated carbocycles. The van der Waals surface area contributed by atoms with Crippen molar-refractivity contribution >= 4 is 81.7 Å². The lowest BCUT2D eigenvalue weighted by atomic mass is 9.93. The molecule has 0 amide bonds. The van der Waals surface area contributed by atoms with E-state index in [1.54, 1.807) is 12.1 Å². The van der Waals surface area contributed by atoms with Crippen molar-refractivity contribution < 1.29 is 4.39 Å². The van der Waals surface area contributed by atoms with Gasteiger partial charge in [0.15, 0.2) is 0 Å². The highest BCUT2D eigenvalue weighted by Crippen LogP contribution is 2.43. The van der Waals surface area contributed by atoms with Crippen LogP contribution in [0.3, 0.4) is 0 Å². The lowest BCUT2D eigenvalue weighted by molar-refractivity contribution is 0.628. The Morgan fingerprint density at radius 1 is 0.273 bits per heavy atom. The van der Waals surface area contributed by atoms with Crippen molar-refractivity contribution in [3.8, 4) is 0 Å². The van der Waals surface area contributed by atoms with Crippen molar-refractivity contribution in [1.29, 1.82) is 0 Å². The Kier molecular flexibility index (Phi) is 5.45. The number of hydrogen-bond donors (Lipinski definition) is 0. The maximum absolute atomic E-state index is 14.8. The molecule has 0 aromatic heterocycles. The van der Waals surface area contributed by atoms with E-state index in [9.17, 15) is 4.39 Å². The summed E-state index contributed by atoms with van der Waals surface area (Å²) in [6, 6.07) is 54.6. The highest BCUT2D eigenvalue weighted by molar-refractivity contribution is 6.27. The van der Waals surface area contributed by atoms with Gasteiger partial charge in [0.05, 0.1) is 0 Å². The van der Waals surface area contributed by atoms with Crippen LogP contribution in [0.5, 0.6) is 0 Å². The van der Waals surface area contributed by atoms with E-state index in [1.807, 2.05) is 6.07 Å². The van der Waals surface area contributed by atoms with Crippen LogP contribution in [0.25, 0.3) is 64.6 Å². The Labute approximate surface area is 254 Å². The molecule has 0 bridgehead atoms. The summed E-state index contributed by atoms with van der Waals surface area (Å²) in [5.41, 5.74) is 2.74. The normalized spacial score (nSPS) is 11.8. The van der Waals surface area contributed by atoms with E-state index in [0.717, 1.165) is 17.1 Å². The van der Waals surface area contributed by atoms with Gasteiger partial charge in [0.25, 0.3) is 0 Å². The second kappa shape index (κ2) is 9.65. The Hall–Kier alpha value is -5.73. The lowest BCUT2D eigenvalue weighted by Crippen LogP contribution is -2.10. The van der Waals surface area contributed by atoms with E-state index in [-0.39, 0.29) is 5.82 Å². The van der Waals surface area contributed by atoms with E-state index >= 15 is 0 Å². The molecule has 1 nitrogen and oxygen atoms in total. The highest BCUT2D eigenvalue weighted by Gasteiger charge is 2.18. The predicted octanol–water partition coefficient (Wildman–Crippen LogP) is 12.2. The Morgan fingerprint density at radius 3 is 0.955 bits per heavy atom. The quantitative estimate of drug-likeness (QED) is 0.193. The van der Waals surface area contributed by atoms with Gasteiger partial charge in [0.1, 0.15) is 5.82 Å². The summed E-state index contributed by atoms with van der Waals surface area (Å²) in [4.78, 5) is 2.18. The van der Waals surface area contributed by atoms with Crippen LogP contribution in [0.2, 0.25) is 0 Å². The van der Waals surface area contributed by atoms with Crippen molar-refractivity contribution in [3.63, 3.8) is 0 Å². The first kappa shape index (κ1) is 24.8. The van der Waals surface area contributed by atoms with Crippen LogP contribution in [-0.2, 0) is 0 Å². The third-order valence-electron chi connectivity index (χ3n) is 9.04. The number of fused-ring (bicyclic) bond motifs is 12. The van der Waals surface area contributed by atoms with Crippen LogP contribution < -0.4 is 4.90 Å². The SMILES string of the molecule is Fc1cccc(N(c2ccc3c4ccccc4c4ccccc4c3c2)c2ccc3c4ccccc4c4ccccc4c3c2)c1. The van der Waals surface area contributed by atoms with Gasteiger partial charge < -0.3 is 4.90 Å². The van der Waals surface area contributed by atoms with Crippen LogP contribution in [0.15, 0.2) is 158 Å². The monoisotopic (exact) mass is 563 g/mol. The Balaban J connectivity index is 1.35. The van der Waals surface area contributed by atoms with Crippen LogP contribution in [0, 0.1) is 5.82 Å². The molecule has 0 atom stereocenters. The Bertz CT molecular complexity index is 2350. The van der Waals surface area contributed by atoms with Gasteiger partial charge in [-0.05, 0) is 107 Å². The standard InChI is InChI=1S/C42H26FN/c43-27-10-9-11-28(24-27)44(29-20-22-39-35-16-3-1-12-31(35)33-14-5-7-18-37(33)41(39)25-29)30-21-23-40-36-17-4-2-13-32(36)34-15-6-8-19-38(34)42(40)26-30/h1-26H. The minimum Gasteiger partial charge on any atom is -0.310 e.